The summed E-state index contributed by atoms with van der Waals surface area (Å²) in [5.41, 5.74) is 1.21. The molecule has 0 radical (unpaired) electrons. The van der Waals surface area contributed by atoms with Crippen LogP contribution in [0.5, 0.6) is 0 Å². The molecule has 0 aliphatic carbocycles. The Morgan fingerprint density at radius 3 is 2.73 bits per heavy atom. The number of hydrogen-bond acceptors (Lipinski definition) is 2. The Hall–Kier alpha value is 0.0700. The molecule has 0 saturated carbocycles. The van der Waals surface area contributed by atoms with Crippen molar-refractivity contribution < 1.29 is 0 Å². The monoisotopic (exact) mass is 334 g/mol. The van der Waals surface area contributed by atoms with E-state index in [0.717, 1.165) is 17.4 Å². The zero-order chi connectivity index (χ0) is 11.3. The van der Waals surface area contributed by atoms with Gasteiger partial charge in [-0.15, -0.1) is 0 Å². The molecule has 0 aliphatic heterocycles. The number of aromatic nitrogens is 1. The molecular formula is C11H16Br2N2. The van der Waals surface area contributed by atoms with Crippen LogP contribution in [0.3, 0.4) is 0 Å². The molecule has 1 aromatic heterocycles. The van der Waals surface area contributed by atoms with Gasteiger partial charge in [0.1, 0.15) is 0 Å². The first-order valence-electron chi connectivity index (χ1n) is 5.05. The van der Waals surface area contributed by atoms with Crippen molar-refractivity contribution in [3.05, 3.63) is 28.5 Å². The third kappa shape index (κ3) is 5.64. The molecule has 15 heavy (non-hydrogen) atoms. The third-order valence-corrected chi connectivity index (χ3v) is 2.90. The minimum absolute atomic E-state index is 0.512. The molecule has 84 valence electrons. The first-order chi connectivity index (χ1) is 7.08. The summed E-state index contributed by atoms with van der Waals surface area (Å²) in [7, 11) is 0. The van der Waals surface area contributed by atoms with Gasteiger partial charge in [-0.1, -0.05) is 22.9 Å². The second-order valence-electron chi connectivity index (χ2n) is 3.81. The lowest BCUT2D eigenvalue weighted by Gasteiger charge is -2.14. The van der Waals surface area contributed by atoms with Crippen LogP contribution in [0.15, 0.2) is 22.9 Å². The van der Waals surface area contributed by atoms with Crippen LogP contribution < -0.4 is 5.32 Å². The summed E-state index contributed by atoms with van der Waals surface area (Å²) in [5, 5.41) is 3.47. The summed E-state index contributed by atoms with van der Waals surface area (Å²) in [4.78, 5) is 4.68. The fourth-order valence-electron chi connectivity index (χ4n) is 1.42. The van der Waals surface area contributed by atoms with Gasteiger partial charge in [0.15, 0.2) is 0 Å². The molecule has 0 aromatic carbocycles. The zero-order valence-electron chi connectivity index (χ0n) is 9.00. The number of alkyl halides is 1. The SMILES string of the molecule is CC(Br)CC(C)NCc1cncc(Br)c1. The van der Waals surface area contributed by atoms with Crippen molar-refractivity contribution >= 4 is 31.9 Å². The molecular weight excluding hydrogens is 320 g/mol. The van der Waals surface area contributed by atoms with Crippen molar-refractivity contribution in [3.63, 3.8) is 0 Å². The first-order valence-corrected chi connectivity index (χ1v) is 6.75. The van der Waals surface area contributed by atoms with Crippen LogP contribution in [-0.4, -0.2) is 15.9 Å². The molecule has 0 amide bonds. The Labute approximate surface area is 108 Å². The maximum absolute atomic E-state index is 4.13. The van der Waals surface area contributed by atoms with E-state index in [1.165, 1.54) is 5.56 Å². The summed E-state index contributed by atoms with van der Waals surface area (Å²) < 4.78 is 1.03. The average molecular weight is 336 g/mol. The molecule has 1 heterocycles. The van der Waals surface area contributed by atoms with Crippen molar-refractivity contribution in [3.8, 4) is 0 Å². The molecule has 0 fully saturated rings. The standard InChI is InChI=1S/C11H16Br2N2/c1-8(12)3-9(2)15-6-10-4-11(13)7-14-5-10/h4-5,7-9,15H,3,6H2,1-2H3. The van der Waals surface area contributed by atoms with Gasteiger partial charge in [-0.2, -0.15) is 0 Å². The minimum Gasteiger partial charge on any atom is -0.310 e. The smallest absolute Gasteiger partial charge is 0.0410 e. The van der Waals surface area contributed by atoms with Gasteiger partial charge >= 0.3 is 0 Å². The highest BCUT2D eigenvalue weighted by Gasteiger charge is 2.05. The molecule has 1 aromatic rings. The number of hydrogen-bond donors (Lipinski definition) is 1. The van der Waals surface area contributed by atoms with Crippen molar-refractivity contribution in [1.29, 1.82) is 0 Å². The predicted octanol–water partition coefficient (Wildman–Crippen LogP) is 3.50. The first kappa shape index (κ1) is 13.1. The lowest BCUT2D eigenvalue weighted by atomic mass is 10.2. The fourth-order valence-corrected chi connectivity index (χ4v) is 2.39. The highest BCUT2D eigenvalue weighted by molar-refractivity contribution is 9.10. The molecule has 1 N–H and O–H groups in total. The summed E-state index contributed by atoms with van der Waals surface area (Å²) in [5.74, 6) is 0. The molecule has 2 nitrogen and oxygen atoms in total. The van der Waals surface area contributed by atoms with Gasteiger partial charge in [0, 0.05) is 34.3 Å². The van der Waals surface area contributed by atoms with Crippen molar-refractivity contribution in [2.45, 2.75) is 37.7 Å². The van der Waals surface area contributed by atoms with E-state index in [0.29, 0.717) is 10.9 Å². The van der Waals surface area contributed by atoms with Crippen molar-refractivity contribution in [2.24, 2.45) is 0 Å². The van der Waals surface area contributed by atoms with Crippen LogP contribution >= 0.6 is 31.9 Å². The van der Waals surface area contributed by atoms with Gasteiger partial charge in [0.25, 0.3) is 0 Å². The van der Waals surface area contributed by atoms with E-state index in [2.05, 4.69) is 62.1 Å². The van der Waals surface area contributed by atoms with Crippen LogP contribution in [0, 0.1) is 0 Å². The summed E-state index contributed by atoms with van der Waals surface area (Å²) in [6, 6.07) is 2.60. The Bertz CT molecular complexity index is 302. The summed E-state index contributed by atoms with van der Waals surface area (Å²) in [6.07, 6.45) is 4.82. The highest BCUT2D eigenvalue weighted by Crippen LogP contribution is 2.10. The maximum atomic E-state index is 4.13. The highest BCUT2D eigenvalue weighted by atomic mass is 79.9. The van der Waals surface area contributed by atoms with Crippen molar-refractivity contribution in [2.75, 3.05) is 0 Å². The molecule has 0 bridgehead atoms. The largest absolute Gasteiger partial charge is 0.310 e. The van der Waals surface area contributed by atoms with Crippen LogP contribution in [0.4, 0.5) is 0 Å². The average Bonchev–Trinajstić information content (AvgIpc) is 2.14. The fraction of sp³-hybridized carbons (Fsp3) is 0.545. The van der Waals surface area contributed by atoms with Crippen LogP contribution in [-0.2, 0) is 6.54 Å². The Morgan fingerprint density at radius 2 is 2.13 bits per heavy atom. The maximum Gasteiger partial charge on any atom is 0.0410 e. The molecule has 2 unspecified atom stereocenters. The zero-order valence-corrected chi connectivity index (χ0v) is 12.2. The van der Waals surface area contributed by atoms with Gasteiger partial charge in [0.2, 0.25) is 0 Å². The molecule has 2 atom stereocenters. The summed E-state index contributed by atoms with van der Waals surface area (Å²) >= 11 is 6.96. The van der Waals surface area contributed by atoms with Gasteiger partial charge in [0.05, 0.1) is 0 Å². The van der Waals surface area contributed by atoms with E-state index < -0.39 is 0 Å². The second kappa shape index (κ2) is 6.61. The normalized spacial score (nSPS) is 14.9. The van der Waals surface area contributed by atoms with Gasteiger partial charge < -0.3 is 5.32 Å². The van der Waals surface area contributed by atoms with E-state index >= 15 is 0 Å². The minimum atomic E-state index is 0.512. The Balaban J connectivity index is 2.36. The van der Waals surface area contributed by atoms with Gasteiger partial charge in [-0.05, 0) is 40.9 Å². The third-order valence-electron chi connectivity index (χ3n) is 2.09. The number of halogens is 2. The molecule has 4 heteroatoms. The molecule has 0 spiro atoms. The topological polar surface area (TPSA) is 24.9 Å². The number of nitrogens with zero attached hydrogens (tertiary/aromatic N) is 1. The molecule has 0 saturated heterocycles. The molecule has 1 rings (SSSR count). The predicted molar refractivity (Wildman–Crippen MR) is 71.2 cm³/mol. The number of rotatable bonds is 5. The lowest BCUT2D eigenvalue weighted by molar-refractivity contribution is 0.515. The van der Waals surface area contributed by atoms with Crippen LogP contribution in [0.2, 0.25) is 0 Å². The number of nitrogens with one attached hydrogen (secondary N) is 1. The summed E-state index contributed by atoms with van der Waals surface area (Å²) in [6.45, 7) is 5.23. The lowest BCUT2D eigenvalue weighted by Crippen LogP contribution is -2.27. The van der Waals surface area contributed by atoms with E-state index in [1.807, 2.05) is 6.20 Å². The van der Waals surface area contributed by atoms with E-state index in [9.17, 15) is 0 Å². The number of pyridine rings is 1. The Morgan fingerprint density at radius 1 is 1.40 bits per heavy atom. The van der Waals surface area contributed by atoms with Crippen LogP contribution in [0.25, 0.3) is 0 Å². The second-order valence-corrected chi connectivity index (χ2v) is 6.29. The van der Waals surface area contributed by atoms with E-state index in [4.69, 9.17) is 0 Å². The van der Waals surface area contributed by atoms with Crippen molar-refractivity contribution in [1.82, 2.24) is 10.3 Å². The van der Waals surface area contributed by atoms with E-state index in [-0.39, 0.29) is 0 Å². The Kier molecular flexibility index (Phi) is 5.79. The molecule has 0 aliphatic rings. The van der Waals surface area contributed by atoms with E-state index in [1.54, 1.807) is 6.20 Å². The quantitative estimate of drug-likeness (QED) is 0.833. The van der Waals surface area contributed by atoms with Gasteiger partial charge in [-0.3, -0.25) is 4.98 Å². The van der Waals surface area contributed by atoms with Crippen LogP contribution in [0.1, 0.15) is 25.8 Å². The van der Waals surface area contributed by atoms with Gasteiger partial charge in [-0.25, -0.2) is 0 Å².